The van der Waals surface area contributed by atoms with Crippen LogP contribution in [0.25, 0.3) is 0 Å². The van der Waals surface area contributed by atoms with Crippen LogP contribution in [0.15, 0.2) is 36.4 Å². The number of carbonyl (C=O) groups is 4. The van der Waals surface area contributed by atoms with Gasteiger partial charge in [-0.2, -0.15) is 0 Å². The Labute approximate surface area is 234 Å². The highest BCUT2D eigenvalue weighted by Crippen LogP contribution is 2.22. The lowest BCUT2D eigenvalue weighted by Gasteiger charge is -2.13. The van der Waals surface area contributed by atoms with Crippen molar-refractivity contribution >= 4 is 35.1 Å². The summed E-state index contributed by atoms with van der Waals surface area (Å²) in [5, 5.41) is 11.0. The molecule has 0 aliphatic heterocycles. The van der Waals surface area contributed by atoms with Crippen LogP contribution in [0.3, 0.4) is 0 Å². The number of rotatable bonds is 11. The Kier molecular flexibility index (Phi) is 13.8. The van der Waals surface area contributed by atoms with E-state index >= 15 is 0 Å². The van der Waals surface area contributed by atoms with Crippen LogP contribution in [0.4, 0.5) is 11.4 Å². The van der Waals surface area contributed by atoms with Crippen LogP contribution in [0.5, 0.6) is 0 Å². The molecule has 0 radical (unpaired) electrons. The topological polar surface area (TPSA) is 162 Å². The predicted molar refractivity (Wildman–Crippen MR) is 150 cm³/mol. The molecular weight excluding hydrogens is 520 g/mol. The lowest BCUT2D eigenvalue weighted by molar-refractivity contribution is -0.385. The molecule has 0 aromatic heterocycles. The number of nitro groups is 1. The molecule has 218 valence electrons. The first kappa shape index (κ1) is 33.5. The molecule has 0 fully saturated rings. The standard InChI is InChI=1S/C14H18N2O5.C14H20N2O3/c1-4-21-13(17)8-6-10-5-7-12(16(19)20)11(9-10)14(18)15(2)3;1-4-19-13(17)8-6-10-5-7-12(15)11(9-10)14(18)16(2)3/h5,7,9H,4,6,8H2,1-3H3;5,7,9H,4,6,8,15H2,1-3H3. The van der Waals surface area contributed by atoms with E-state index in [-0.39, 0.29) is 35.5 Å². The number of benzene rings is 2. The minimum Gasteiger partial charge on any atom is -0.466 e. The number of carbonyl (C=O) groups excluding carboxylic acids is 4. The third-order valence-electron chi connectivity index (χ3n) is 5.49. The van der Waals surface area contributed by atoms with Crippen LogP contribution in [0, 0.1) is 10.1 Å². The van der Waals surface area contributed by atoms with E-state index in [1.165, 1.54) is 36.0 Å². The van der Waals surface area contributed by atoms with Gasteiger partial charge >= 0.3 is 11.9 Å². The zero-order valence-electron chi connectivity index (χ0n) is 23.9. The number of anilines is 1. The van der Waals surface area contributed by atoms with Crippen LogP contribution < -0.4 is 5.73 Å². The van der Waals surface area contributed by atoms with Crippen molar-refractivity contribution in [2.75, 3.05) is 47.1 Å². The second-order valence-electron chi connectivity index (χ2n) is 9.04. The van der Waals surface area contributed by atoms with Crippen molar-refractivity contribution in [3.8, 4) is 0 Å². The number of hydrogen-bond donors (Lipinski definition) is 1. The quantitative estimate of drug-likeness (QED) is 0.189. The second-order valence-corrected chi connectivity index (χ2v) is 9.04. The number of ether oxygens (including phenoxy) is 2. The fourth-order valence-electron chi connectivity index (χ4n) is 3.45. The Morgan fingerprint density at radius 1 is 0.775 bits per heavy atom. The molecule has 0 heterocycles. The molecule has 12 heteroatoms. The first-order valence-corrected chi connectivity index (χ1v) is 12.7. The highest BCUT2D eigenvalue weighted by Gasteiger charge is 2.22. The average molecular weight is 559 g/mol. The molecule has 0 spiro atoms. The van der Waals surface area contributed by atoms with E-state index in [0.717, 1.165) is 5.56 Å². The first-order chi connectivity index (χ1) is 18.8. The van der Waals surface area contributed by atoms with Crippen molar-refractivity contribution < 1.29 is 33.6 Å². The van der Waals surface area contributed by atoms with Gasteiger partial charge in [-0.05, 0) is 56.0 Å². The molecule has 40 heavy (non-hydrogen) atoms. The summed E-state index contributed by atoms with van der Waals surface area (Å²) in [7, 11) is 6.40. The summed E-state index contributed by atoms with van der Waals surface area (Å²) in [6.45, 7) is 4.18. The number of esters is 2. The molecule has 0 saturated heterocycles. The summed E-state index contributed by atoms with van der Waals surface area (Å²) in [4.78, 5) is 59.6. The Hall–Kier alpha value is -4.48. The van der Waals surface area contributed by atoms with Gasteiger partial charge in [0.05, 0.1) is 23.7 Å². The molecule has 2 rings (SSSR count). The number of nitrogens with zero attached hydrogens (tertiary/aromatic N) is 3. The maximum Gasteiger partial charge on any atom is 0.306 e. The largest absolute Gasteiger partial charge is 0.466 e. The van der Waals surface area contributed by atoms with Gasteiger partial charge in [0.1, 0.15) is 5.56 Å². The minimum absolute atomic E-state index is 0.0198. The van der Waals surface area contributed by atoms with Crippen molar-refractivity contribution in [3.05, 3.63) is 68.8 Å². The van der Waals surface area contributed by atoms with Gasteiger partial charge in [0, 0.05) is 52.8 Å². The minimum atomic E-state index is -0.591. The van der Waals surface area contributed by atoms with E-state index in [0.29, 0.717) is 49.3 Å². The molecule has 0 atom stereocenters. The number of hydrogen-bond acceptors (Lipinski definition) is 9. The highest BCUT2D eigenvalue weighted by atomic mass is 16.6. The van der Waals surface area contributed by atoms with E-state index in [2.05, 4.69) is 0 Å². The summed E-state index contributed by atoms with van der Waals surface area (Å²) in [6.07, 6.45) is 1.37. The SMILES string of the molecule is CCOC(=O)CCc1ccc(N)c(C(=O)N(C)C)c1.CCOC(=O)CCc1ccc([N+](=O)[O-])c(C(=O)N(C)C)c1. The summed E-state index contributed by atoms with van der Waals surface area (Å²) in [6, 6.07) is 9.54. The van der Waals surface area contributed by atoms with Gasteiger partial charge in [0.15, 0.2) is 0 Å². The van der Waals surface area contributed by atoms with E-state index < -0.39 is 10.8 Å². The van der Waals surface area contributed by atoms with E-state index in [4.69, 9.17) is 15.2 Å². The lowest BCUT2D eigenvalue weighted by atomic mass is 10.0. The van der Waals surface area contributed by atoms with Gasteiger partial charge in [-0.3, -0.25) is 29.3 Å². The van der Waals surface area contributed by atoms with Gasteiger partial charge in [-0.1, -0.05) is 12.1 Å². The number of amides is 2. The second kappa shape index (κ2) is 16.5. The van der Waals surface area contributed by atoms with Gasteiger partial charge in [0.25, 0.3) is 17.5 Å². The zero-order valence-corrected chi connectivity index (χ0v) is 23.9. The third kappa shape index (κ3) is 10.7. The maximum atomic E-state index is 12.0. The van der Waals surface area contributed by atoms with Crippen LogP contribution in [0.1, 0.15) is 58.5 Å². The molecule has 2 N–H and O–H groups in total. The van der Waals surface area contributed by atoms with Crippen molar-refractivity contribution in [1.82, 2.24) is 9.80 Å². The predicted octanol–water partition coefficient (Wildman–Crippen LogP) is 3.26. The average Bonchev–Trinajstić information content (AvgIpc) is 2.91. The zero-order chi connectivity index (χ0) is 30.4. The Balaban J connectivity index is 0.000000402. The summed E-state index contributed by atoms with van der Waals surface area (Å²) < 4.78 is 9.68. The molecule has 2 amide bonds. The van der Waals surface area contributed by atoms with Crippen molar-refractivity contribution in [1.29, 1.82) is 0 Å². The molecule has 2 aromatic rings. The van der Waals surface area contributed by atoms with Crippen LogP contribution >= 0.6 is 0 Å². The molecule has 0 aliphatic carbocycles. The summed E-state index contributed by atoms with van der Waals surface area (Å²) in [5.41, 5.74) is 8.05. The van der Waals surface area contributed by atoms with E-state index in [9.17, 15) is 29.3 Å². The Morgan fingerprint density at radius 3 is 1.62 bits per heavy atom. The molecule has 0 aliphatic rings. The van der Waals surface area contributed by atoms with Crippen LogP contribution in [-0.2, 0) is 31.9 Å². The molecule has 0 bridgehead atoms. The van der Waals surface area contributed by atoms with Crippen LogP contribution in [0.2, 0.25) is 0 Å². The Morgan fingerprint density at radius 2 is 1.20 bits per heavy atom. The first-order valence-electron chi connectivity index (χ1n) is 12.7. The molecule has 0 unspecified atom stereocenters. The maximum absolute atomic E-state index is 12.0. The van der Waals surface area contributed by atoms with Gasteiger partial charge in [0.2, 0.25) is 0 Å². The van der Waals surface area contributed by atoms with Gasteiger partial charge < -0.3 is 25.0 Å². The van der Waals surface area contributed by atoms with E-state index in [1.807, 2.05) is 6.07 Å². The normalized spacial score (nSPS) is 10.1. The number of nitrogens with two attached hydrogens (primary N) is 1. The van der Waals surface area contributed by atoms with Gasteiger partial charge in [-0.15, -0.1) is 0 Å². The number of nitro benzene ring substituents is 1. The van der Waals surface area contributed by atoms with E-state index in [1.54, 1.807) is 46.1 Å². The lowest BCUT2D eigenvalue weighted by Crippen LogP contribution is -2.23. The third-order valence-corrected chi connectivity index (χ3v) is 5.49. The summed E-state index contributed by atoms with van der Waals surface area (Å²) in [5.74, 6) is -1.16. The van der Waals surface area contributed by atoms with Crippen molar-refractivity contribution in [3.63, 3.8) is 0 Å². The fraction of sp³-hybridized carbons (Fsp3) is 0.429. The van der Waals surface area contributed by atoms with Gasteiger partial charge in [-0.25, -0.2) is 0 Å². The smallest absolute Gasteiger partial charge is 0.306 e. The van der Waals surface area contributed by atoms with Crippen molar-refractivity contribution in [2.24, 2.45) is 0 Å². The number of nitrogen functional groups attached to an aromatic ring is 1. The number of aryl methyl sites for hydroxylation is 2. The monoisotopic (exact) mass is 558 g/mol. The highest BCUT2D eigenvalue weighted by molar-refractivity contribution is 5.99. The van der Waals surface area contributed by atoms with Crippen LogP contribution in [-0.4, -0.2) is 79.9 Å². The summed E-state index contributed by atoms with van der Waals surface area (Å²) >= 11 is 0. The molecule has 0 saturated carbocycles. The molecule has 12 nitrogen and oxygen atoms in total. The molecule has 2 aromatic carbocycles. The fourth-order valence-corrected chi connectivity index (χ4v) is 3.45. The van der Waals surface area contributed by atoms with Crippen molar-refractivity contribution in [2.45, 2.75) is 39.5 Å². The Bertz CT molecular complexity index is 1210. The molecular formula is C28H38N4O8.